The van der Waals surface area contributed by atoms with Crippen LogP contribution in [0.15, 0.2) is 24.3 Å². The molecule has 1 aromatic carbocycles. The standard InChI is InChI=1S/C16H22ClN3O/c17-13-4-3-7-15(12-13)19-8-10-20(11-9-19)16(21)18-14-5-1-2-6-14/h3-4,7,12,14H,1-2,5-6,8-11H2,(H,18,21). The molecule has 21 heavy (non-hydrogen) atoms. The Morgan fingerprint density at radius 1 is 1.14 bits per heavy atom. The fourth-order valence-electron chi connectivity index (χ4n) is 3.18. The molecule has 0 atom stereocenters. The van der Waals surface area contributed by atoms with Gasteiger partial charge in [-0.15, -0.1) is 0 Å². The van der Waals surface area contributed by atoms with Crippen LogP contribution in [0, 0.1) is 0 Å². The van der Waals surface area contributed by atoms with Crippen molar-refractivity contribution >= 4 is 23.3 Å². The summed E-state index contributed by atoms with van der Waals surface area (Å²) in [6.45, 7) is 3.26. The summed E-state index contributed by atoms with van der Waals surface area (Å²) < 4.78 is 0. The smallest absolute Gasteiger partial charge is 0.317 e. The zero-order valence-electron chi connectivity index (χ0n) is 12.2. The monoisotopic (exact) mass is 307 g/mol. The Kier molecular flexibility index (Phi) is 4.54. The third-order valence-corrected chi connectivity index (χ3v) is 4.66. The average molecular weight is 308 g/mol. The second kappa shape index (κ2) is 6.56. The molecule has 2 fully saturated rings. The molecule has 2 aliphatic rings. The van der Waals surface area contributed by atoms with E-state index in [1.807, 2.05) is 23.1 Å². The van der Waals surface area contributed by atoms with Gasteiger partial charge in [-0.25, -0.2) is 4.79 Å². The number of hydrogen-bond donors (Lipinski definition) is 1. The minimum absolute atomic E-state index is 0.104. The first-order valence-corrected chi connectivity index (χ1v) is 8.16. The van der Waals surface area contributed by atoms with Crippen LogP contribution in [0.4, 0.5) is 10.5 Å². The van der Waals surface area contributed by atoms with E-state index in [1.54, 1.807) is 0 Å². The number of urea groups is 1. The van der Waals surface area contributed by atoms with Crippen LogP contribution in [0.3, 0.4) is 0 Å². The molecular weight excluding hydrogens is 286 g/mol. The lowest BCUT2D eigenvalue weighted by Gasteiger charge is -2.36. The van der Waals surface area contributed by atoms with Crippen molar-refractivity contribution in [2.75, 3.05) is 31.1 Å². The van der Waals surface area contributed by atoms with Gasteiger partial charge in [-0.1, -0.05) is 30.5 Å². The minimum atomic E-state index is 0.104. The average Bonchev–Trinajstić information content (AvgIpc) is 3.00. The van der Waals surface area contributed by atoms with E-state index in [4.69, 9.17) is 11.6 Å². The van der Waals surface area contributed by atoms with Gasteiger partial charge >= 0.3 is 6.03 Å². The number of amides is 2. The van der Waals surface area contributed by atoms with E-state index in [9.17, 15) is 4.79 Å². The lowest BCUT2D eigenvalue weighted by molar-refractivity contribution is 0.190. The molecule has 114 valence electrons. The normalized spacial score (nSPS) is 19.9. The van der Waals surface area contributed by atoms with E-state index in [0.29, 0.717) is 6.04 Å². The molecule has 0 aromatic heterocycles. The Morgan fingerprint density at radius 3 is 2.52 bits per heavy atom. The highest BCUT2D eigenvalue weighted by Gasteiger charge is 2.24. The SMILES string of the molecule is O=C(NC1CCCC1)N1CCN(c2cccc(Cl)c2)CC1. The molecule has 3 rings (SSSR count). The second-order valence-electron chi connectivity index (χ2n) is 5.88. The highest BCUT2D eigenvalue weighted by Crippen LogP contribution is 2.21. The van der Waals surface area contributed by atoms with E-state index < -0.39 is 0 Å². The number of halogens is 1. The number of rotatable bonds is 2. The molecular formula is C16H22ClN3O. The molecule has 1 aliphatic carbocycles. The predicted octanol–water partition coefficient (Wildman–Crippen LogP) is 3.11. The summed E-state index contributed by atoms with van der Waals surface area (Å²) >= 11 is 6.04. The topological polar surface area (TPSA) is 35.6 Å². The molecule has 0 unspecified atom stereocenters. The van der Waals surface area contributed by atoms with Gasteiger partial charge in [0.25, 0.3) is 0 Å². The zero-order chi connectivity index (χ0) is 14.7. The summed E-state index contributed by atoms with van der Waals surface area (Å²) in [5.74, 6) is 0. The molecule has 0 spiro atoms. The first-order valence-electron chi connectivity index (χ1n) is 7.78. The Morgan fingerprint density at radius 2 is 1.86 bits per heavy atom. The molecule has 1 saturated carbocycles. The maximum absolute atomic E-state index is 12.2. The fourth-order valence-corrected chi connectivity index (χ4v) is 3.36. The summed E-state index contributed by atoms with van der Waals surface area (Å²) in [6.07, 6.45) is 4.75. The maximum Gasteiger partial charge on any atom is 0.317 e. The van der Waals surface area contributed by atoms with Crippen molar-refractivity contribution in [1.29, 1.82) is 0 Å². The van der Waals surface area contributed by atoms with Gasteiger partial charge in [-0.3, -0.25) is 0 Å². The number of anilines is 1. The summed E-state index contributed by atoms with van der Waals surface area (Å²) in [6, 6.07) is 8.40. The van der Waals surface area contributed by atoms with Crippen molar-refractivity contribution in [1.82, 2.24) is 10.2 Å². The van der Waals surface area contributed by atoms with Gasteiger partial charge in [0.2, 0.25) is 0 Å². The lowest BCUT2D eigenvalue weighted by Crippen LogP contribution is -2.53. The maximum atomic E-state index is 12.2. The summed E-state index contributed by atoms with van der Waals surface area (Å²) in [5, 5.41) is 3.92. The molecule has 1 heterocycles. The number of nitrogens with zero attached hydrogens (tertiary/aromatic N) is 2. The summed E-state index contributed by atoms with van der Waals surface area (Å²) in [7, 11) is 0. The van der Waals surface area contributed by atoms with Crippen molar-refractivity contribution in [2.24, 2.45) is 0 Å². The summed E-state index contributed by atoms with van der Waals surface area (Å²) in [5.41, 5.74) is 1.14. The van der Waals surface area contributed by atoms with E-state index in [0.717, 1.165) is 49.7 Å². The van der Waals surface area contributed by atoms with E-state index >= 15 is 0 Å². The fraction of sp³-hybridized carbons (Fsp3) is 0.562. The van der Waals surface area contributed by atoms with Gasteiger partial charge in [0.1, 0.15) is 0 Å². The van der Waals surface area contributed by atoms with E-state index in [1.165, 1.54) is 12.8 Å². The number of carbonyl (C=O) groups is 1. The molecule has 1 aliphatic heterocycles. The molecule has 1 saturated heterocycles. The largest absolute Gasteiger partial charge is 0.368 e. The minimum Gasteiger partial charge on any atom is -0.368 e. The van der Waals surface area contributed by atoms with Crippen LogP contribution in [0.1, 0.15) is 25.7 Å². The quantitative estimate of drug-likeness (QED) is 0.911. The number of piperazine rings is 1. The highest BCUT2D eigenvalue weighted by molar-refractivity contribution is 6.30. The van der Waals surface area contributed by atoms with Crippen molar-refractivity contribution in [3.63, 3.8) is 0 Å². The molecule has 1 aromatic rings. The number of nitrogens with one attached hydrogen (secondary N) is 1. The van der Waals surface area contributed by atoms with Crippen LogP contribution in [0.25, 0.3) is 0 Å². The molecule has 4 nitrogen and oxygen atoms in total. The Hall–Kier alpha value is -1.42. The second-order valence-corrected chi connectivity index (χ2v) is 6.32. The van der Waals surface area contributed by atoms with Crippen LogP contribution in [0.5, 0.6) is 0 Å². The lowest BCUT2D eigenvalue weighted by atomic mass is 10.2. The molecule has 5 heteroatoms. The van der Waals surface area contributed by atoms with Crippen LogP contribution in [-0.2, 0) is 0 Å². The molecule has 1 N–H and O–H groups in total. The van der Waals surface area contributed by atoms with E-state index in [-0.39, 0.29) is 6.03 Å². The van der Waals surface area contributed by atoms with Gasteiger partial charge in [0, 0.05) is 42.9 Å². The van der Waals surface area contributed by atoms with Gasteiger partial charge < -0.3 is 15.1 Å². The Balaban J connectivity index is 1.51. The number of carbonyl (C=O) groups excluding carboxylic acids is 1. The van der Waals surface area contributed by atoms with Crippen molar-refractivity contribution < 1.29 is 4.79 Å². The van der Waals surface area contributed by atoms with Gasteiger partial charge in [-0.05, 0) is 31.0 Å². The van der Waals surface area contributed by atoms with Crippen LogP contribution in [0.2, 0.25) is 5.02 Å². The van der Waals surface area contributed by atoms with Crippen LogP contribution in [-0.4, -0.2) is 43.2 Å². The van der Waals surface area contributed by atoms with Crippen LogP contribution < -0.4 is 10.2 Å². The first-order chi connectivity index (χ1) is 10.2. The van der Waals surface area contributed by atoms with Crippen molar-refractivity contribution in [3.8, 4) is 0 Å². The Labute approximate surface area is 131 Å². The highest BCUT2D eigenvalue weighted by atomic mass is 35.5. The number of hydrogen-bond acceptors (Lipinski definition) is 2. The van der Waals surface area contributed by atoms with Crippen LogP contribution >= 0.6 is 11.6 Å². The first kappa shape index (κ1) is 14.5. The van der Waals surface area contributed by atoms with Gasteiger partial charge in [0.05, 0.1) is 0 Å². The third-order valence-electron chi connectivity index (χ3n) is 4.42. The third kappa shape index (κ3) is 3.62. The molecule has 2 amide bonds. The van der Waals surface area contributed by atoms with Crippen molar-refractivity contribution in [2.45, 2.75) is 31.7 Å². The number of benzene rings is 1. The molecule has 0 radical (unpaired) electrons. The Bertz CT molecular complexity index is 494. The zero-order valence-corrected chi connectivity index (χ0v) is 13.0. The van der Waals surface area contributed by atoms with Gasteiger partial charge in [-0.2, -0.15) is 0 Å². The predicted molar refractivity (Wildman–Crippen MR) is 86.0 cm³/mol. The van der Waals surface area contributed by atoms with Crippen molar-refractivity contribution in [3.05, 3.63) is 29.3 Å². The molecule has 0 bridgehead atoms. The van der Waals surface area contributed by atoms with E-state index in [2.05, 4.69) is 16.3 Å². The summed E-state index contributed by atoms with van der Waals surface area (Å²) in [4.78, 5) is 16.4. The van der Waals surface area contributed by atoms with Gasteiger partial charge in [0.15, 0.2) is 0 Å².